The van der Waals surface area contributed by atoms with E-state index >= 15 is 0 Å². The van der Waals surface area contributed by atoms with Gasteiger partial charge in [0.15, 0.2) is 17.6 Å². The van der Waals surface area contributed by atoms with Crippen molar-refractivity contribution in [3.8, 4) is 11.5 Å². The van der Waals surface area contributed by atoms with E-state index in [1.165, 1.54) is 40.7 Å². The van der Waals surface area contributed by atoms with Gasteiger partial charge in [-0.25, -0.2) is 17.6 Å². The monoisotopic (exact) mass is 627 g/mol. The maximum absolute atomic E-state index is 13.8. The molecule has 3 atom stereocenters. The first kappa shape index (κ1) is 31.2. The number of nitrogens with one attached hydrogen (secondary N) is 1. The number of fused-ring (bicyclic) bond motifs is 1. The van der Waals surface area contributed by atoms with Crippen LogP contribution in [0, 0.1) is 11.7 Å². The molecule has 1 fully saturated rings. The van der Waals surface area contributed by atoms with Crippen molar-refractivity contribution >= 4 is 27.7 Å². The van der Waals surface area contributed by atoms with Gasteiger partial charge in [0, 0.05) is 19.2 Å². The highest BCUT2D eigenvalue weighted by Crippen LogP contribution is 2.35. The van der Waals surface area contributed by atoms with Crippen LogP contribution in [0.3, 0.4) is 0 Å². The van der Waals surface area contributed by atoms with Gasteiger partial charge in [0.2, 0.25) is 16.8 Å². The Hall–Kier alpha value is -4.20. The molecule has 3 aromatic carbocycles. The number of anilines is 1. The van der Waals surface area contributed by atoms with Crippen molar-refractivity contribution in [3.63, 3.8) is 0 Å². The van der Waals surface area contributed by atoms with Crippen molar-refractivity contribution in [2.45, 2.75) is 43.4 Å². The minimum Gasteiger partial charge on any atom is -0.454 e. The van der Waals surface area contributed by atoms with Crippen LogP contribution in [-0.2, 0) is 26.0 Å². The average Bonchev–Trinajstić information content (AvgIpc) is 3.63. The molecule has 0 bridgehead atoms. The Bertz CT molecular complexity index is 1600. The number of rotatable bonds is 12. The molecule has 2 amide bonds. The topological polar surface area (TPSA) is 135 Å². The Morgan fingerprint density at radius 1 is 1.05 bits per heavy atom. The molecule has 13 heteroatoms. The fourth-order valence-corrected chi connectivity index (χ4v) is 6.72. The minimum absolute atomic E-state index is 0.00950. The first-order valence-corrected chi connectivity index (χ1v) is 15.6. The number of amides is 2. The van der Waals surface area contributed by atoms with E-state index in [4.69, 9.17) is 14.2 Å². The Labute approximate surface area is 255 Å². The number of hydrogen-bond acceptors (Lipinski definition) is 8. The van der Waals surface area contributed by atoms with E-state index in [-0.39, 0.29) is 49.3 Å². The second-order valence-corrected chi connectivity index (χ2v) is 13.0. The van der Waals surface area contributed by atoms with Gasteiger partial charge in [0.25, 0.3) is 5.91 Å². The Balaban J connectivity index is 1.36. The summed E-state index contributed by atoms with van der Waals surface area (Å²) in [7, 11) is -4.09. The van der Waals surface area contributed by atoms with Gasteiger partial charge in [-0.05, 0) is 48.2 Å². The van der Waals surface area contributed by atoms with Crippen molar-refractivity contribution in [2.24, 2.45) is 5.92 Å². The number of hydrogen-bond donors (Lipinski definition) is 2. The van der Waals surface area contributed by atoms with Crippen LogP contribution in [0.4, 0.5) is 14.9 Å². The van der Waals surface area contributed by atoms with Crippen LogP contribution in [0.5, 0.6) is 11.5 Å². The quantitative estimate of drug-likeness (QED) is 0.313. The lowest BCUT2D eigenvalue weighted by molar-refractivity contribution is -0.129. The third-order valence-electron chi connectivity index (χ3n) is 7.26. The van der Waals surface area contributed by atoms with E-state index in [1.807, 2.05) is 44.2 Å². The van der Waals surface area contributed by atoms with E-state index in [9.17, 15) is 27.5 Å². The summed E-state index contributed by atoms with van der Waals surface area (Å²) in [6.45, 7) is 3.31. The summed E-state index contributed by atoms with van der Waals surface area (Å²) < 4.78 is 58.5. The number of aliphatic hydroxyl groups is 1. The molecule has 0 aromatic heterocycles. The molecule has 2 N–H and O–H groups in total. The van der Waals surface area contributed by atoms with Gasteiger partial charge < -0.3 is 24.6 Å². The van der Waals surface area contributed by atoms with Crippen LogP contribution >= 0.6 is 0 Å². The third-order valence-corrected chi connectivity index (χ3v) is 9.08. The summed E-state index contributed by atoms with van der Waals surface area (Å²) >= 11 is 0. The predicted molar refractivity (Wildman–Crippen MR) is 158 cm³/mol. The molecular weight excluding hydrogens is 593 g/mol. The molecule has 44 heavy (non-hydrogen) atoms. The van der Waals surface area contributed by atoms with Gasteiger partial charge in [-0.1, -0.05) is 50.2 Å². The van der Waals surface area contributed by atoms with E-state index in [2.05, 4.69) is 5.32 Å². The Morgan fingerprint density at radius 2 is 1.80 bits per heavy atom. The first-order chi connectivity index (χ1) is 21.0. The lowest BCUT2D eigenvalue weighted by Crippen LogP contribution is -2.53. The first-order valence-electron chi connectivity index (χ1n) is 14.2. The molecule has 1 saturated heterocycles. The van der Waals surface area contributed by atoms with Crippen LogP contribution < -0.4 is 19.7 Å². The van der Waals surface area contributed by atoms with Gasteiger partial charge in [-0.2, -0.15) is 4.31 Å². The summed E-state index contributed by atoms with van der Waals surface area (Å²) in [5, 5.41) is 14.3. The summed E-state index contributed by atoms with van der Waals surface area (Å²) in [5.74, 6) is -0.556. The molecule has 5 rings (SSSR count). The molecular formula is C31H34FN3O8S. The Morgan fingerprint density at radius 3 is 2.52 bits per heavy atom. The van der Waals surface area contributed by atoms with Gasteiger partial charge in [0.05, 0.1) is 29.3 Å². The summed E-state index contributed by atoms with van der Waals surface area (Å²) in [6, 6.07) is 17.8. The van der Waals surface area contributed by atoms with E-state index in [1.54, 1.807) is 0 Å². The molecule has 234 valence electrons. The summed E-state index contributed by atoms with van der Waals surface area (Å²) in [4.78, 5) is 27.0. The van der Waals surface area contributed by atoms with Crippen molar-refractivity contribution in [3.05, 3.63) is 84.2 Å². The molecule has 2 heterocycles. The molecule has 0 saturated carbocycles. The SMILES string of the molecule is CC(C)CN(C[C@@H](O)[C@H](Cc1ccccc1)NC(=O)C1CN(c2cccc(F)c2)C(=O)O1)S(=O)(=O)c1ccc2c(c1)OCO2. The number of carbonyl (C=O) groups is 2. The fourth-order valence-electron chi connectivity index (χ4n) is 5.08. The minimum atomic E-state index is -4.09. The predicted octanol–water partition coefficient (Wildman–Crippen LogP) is 3.31. The highest BCUT2D eigenvalue weighted by atomic mass is 32.2. The molecule has 1 unspecified atom stereocenters. The smallest absolute Gasteiger partial charge is 0.415 e. The van der Waals surface area contributed by atoms with Crippen molar-refractivity contribution < 1.29 is 41.7 Å². The van der Waals surface area contributed by atoms with Crippen molar-refractivity contribution in [2.75, 3.05) is 31.3 Å². The van der Waals surface area contributed by atoms with Gasteiger partial charge in [-0.3, -0.25) is 9.69 Å². The number of cyclic esters (lactones) is 1. The molecule has 0 aliphatic carbocycles. The van der Waals surface area contributed by atoms with Gasteiger partial charge in [0.1, 0.15) is 5.82 Å². The fraction of sp³-hybridized carbons (Fsp3) is 0.355. The number of aliphatic hydroxyl groups excluding tert-OH is 1. The van der Waals surface area contributed by atoms with Gasteiger partial charge >= 0.3 is 6.09 Å². The average molecular weight is 628 g/mol. The zero-order chi connectivity index (χ0) is 31.4. The highest BCUT2D eigenvalue weighted by Gasteiger charge is 2.39. The highest BCUT2D eigenvalue weighted by molar-refractivity contribution is 7.89. The second kappa shape index (κ2) is 13.2. The van der Waals surface area contributed by atoms with Crippen LogP contribution in [0.1, 0.15) is 19.4 Å². The molecule has 11 nitrogen and oxygen atoms in total. The number of benzene rings is 3. The number of sulfonamides is 1. The summed E-state index contributed by atoms with van der Waals surface area (Å²) in [5.41, 5.74) is 1.03. The van der Waals surface area contributed by atoms with Crippen molar-refractivity contribution in [1.29, 1.82) is 0 Å². The number of carbonyl (C=O) groups excluding carboxylic acids is 2. The number of ether oxygens (including phenoxy) is 3. The van der Waals surface area contributed by atoms with E-state index in [0.717, 1.165) is 16.5 Å². The third kappa shape index (κ3) is 7.12. The summed E-state index contributed by atoms with van der Waals surface area (Å²) in [6.07, 6.45) is -3.23. The molecule has 3 aromatic rings. The number of nitrogens with zero attached hydrogens (tertiary/aromatic N) is 2. The molecule has 2 aliphatic heterocycles. The standard InChI is InChI=1S/C31H34FN3O8S/c1-20(2)16-34(44(39,40)24-11-12-27-28(15-24)42-19-41-27)17-26(36)25(13-21-7-4-3-5-8-21)33-30(37)29-18-35(31(38)43-29)23-10-6-9-22(32)14-23/h3-12,14-15,20,25-26,29,36H,13,16-19H2,1-2H3,(H,33,37)/t25-,26+,29?/m0/s1. The van der Waals surface area contributed by atoms with Crippen LogP contribution in [0.2, 0.25) is 0 Å². The van der Waals surface area contributed by atoms with E-state index < -0.39 is 46.1 Å². The van der Waals surface area contributed by atoms with Crippen LogP contribution in [0.25, 0.3) is 0 Å². The van der Waals surface area contributed by atoms with Crippen LogP contribution in [-0.4, -0.2) is 74.5 Å². The maximum Gasteiger partial charge on any atom is 0.415 e. The molecule has 0 radical (unpaired) electrons. The zero-order valence-corrected chi connectivity index (χ0v) is 25.1. The second-order valence-electron chi connectivity index (χ2n) is 11.1. The van der Waals surface area contributed by atoms with Crippen molar-refractivity contribution in [1.82, 2.24) is 9.62 Å². The largest absolute Gasteiger partial charge is 0.454 e. The number of halogens is 1. The lowest BCUT2D eigenvalue weighted by atomic mass is 10.0. The normalized spacial score (nSPS) is 17.5. The lowest BCUT2D eigenvalue weighted by Gasteiger charge is -2.31. The maximum atomic E-state index is 13.8. The van der Waals surface area contributed by atoms with Crippen LogP contribution in [0.15, 0.2) is 77.7 Å². The molecule has 0 spiro atoms. The Kier molecular flexibility index (Phi) is 9.37. The molecule has 2 aliphatic rings. The van der Waals surface area contributed by atoms with Gasteiger partial charge in [-0.15, -0.1) is 0 Å². The van der Waals surface area contributed by atoms with E-state index in [0.29, 0.717) is 11.5 Å². The zero-order valence-electron chi connectivity index (χ0n) is 24.3.